The number of rotatable bonds is 5. The maximum Gasteiger partial charge on any atom is 0.193 e. The van der Waals surface area contributed by atoms with Gasteiger partial charge in [-0.25, -0.2) is 0 Å². The molecule has 23 heavy (non-hydrogen) atoms. The maximum atomic E-state index is 12.6. The quantitative estimate of drug-likeness (QED) is 0.562. The molecule has 0 saturated carbocycles. The fourth-order valence-electron chi connectivity index (χ4n) is 3.21. The molecule has 3 aromatic carbocycles. The minimum absolute atomic E-state index is 0.0871. The van der Waals surface area contributed by atoms with E-state index in [1.54, 1.807) is 0 Å². The number of aryl methyl sites for hydroxylation is 2. The van der Waals surface area contributed by atoms with Crippen LogP contribution in [0.4, 0.5) is 0 Å². The van der Waals surface area contributed by atoms with Gasteiger partial charge in [-0.3, -0.25) is 4.79 Å². The van der Waals surface area contributed by atoms with E-state index in [1.807, 2.05) is 42.5 Å². The zero-order valence-corrected chi connectivity index (χ0v) is 13.8. The SMILES string of the molecule is CCCc1c(CC)ccc2cc(C(=O)c3ccccc3)ccc12. The summed E-state index contributed by atoms with van der Waals surface area (Å²) in [6.07, 6.45) is 3.28. The normalized spacial score (nSPS) is 10.9. The number of hydrogen-bond acceptors (Lipinski definition) is 1. The third-order valence-electron chi connectivity index (χ3n) is 4.41. The molecule has 0 spiro atoms. The fraction of sp³-hybridized carbons (Fsp3) is 0.227. The maximum absolute atomic E-state index is 12.6. The van der Waals surface area contributed by atoms with Gasteiger partial charge in [0.2, 0.25) is 0 Å². The first-order valence-corrected chi connectivity index (χ1v) is 8.38. The lowest BCUT2D eigenvalue weighted by molar-refractivity contribution is 0.103. The van der Waals surface area contributed by atoms with Gasteiger partial charge in [-0.15, -0.1) is 0 Å². The summed E-state index contributed by atoms with van der Waals surface area (Å²) in [7, 11) is 0. The molecule has 0 radical (unpaired) electrons. The summed E-state index contributed by atoms with van der Waals surface area (Å²) in [5.41, 5.74) is 4.36. The van der Waals surface area contributed by atoms with Crippen molar-refractivity contribution in [1.82, 2.24) is 0 Å². The first kappa shape index (κ1) is 15.5. The van der Waals surface area contributed by atoms with Gasteiger partial charge in [0.25, 0.3) is 0 Å². The molecule has 0 aliphatic heterocycles. The third kappa shape index (κ3) is 3.05. The number of hydrogen-bond donors (Lipinski definition) is 0. The Morgan fingerprint density at radius 2 is 1.65 bits per heavy atom. The minimum Gasteiger partial charge on any atom is -0.289 e. The molecule has 1 nitrogen and oxygen atoms in total. The van der Waals surface area contributed by atoms with Crippen LogP contribution in [0, 0.1) is 0 Å². The molecule has 1 heteroatoms. The number of benzene rings is 3. The van der Waals surface area contributed by atoms with E-state index in [-0.39, 0.29) is 5.78 Å². The Labute approximate surface area is 138 Å². The largest absolute Gasteiger partial charge is 0.289 e. The zero-order valence-electron chi connectivity index (χ0n) is 13.8. The number of carbonyl (C=O) groups excluding carboxylic acids is 1. The van der Waals surface area contributed by atoms with Gasteiger partial charge in [0.1, 0.15) is 0 Å². The monoisotopic (exact) mass is 302 g/mol. The highest BCUT2D eigenvalue weighted by molar-refractivity contribution is 6.10. The Balaban J connectivity index is 2.08. The van der Waals surface area contributed by atoms with Crippen molar-refractivity contribution in [2.24, 2.45) is 0 Å². The van der Waals surface area contributed by atoms with E-state index in [2.05, 4.69) is 32.0 Å². The molecular weight excluding hydrogens is 280 g/mol. The number of carbonyl (C=O) groups is 1. The van der Waals surface area contributed by atoms with E-state index in [0.717, 1.165) is 35.8 Å². The minimum atomic E-state index is 0.0871. The topological polar surface area (TPSA) is 17.1 Å². The molecule has 3 rings (SSSR count). The van der Waals surface area contributed by atoms with Crippen molar-refractivity contribution >= 4 is 16.6 Å². The van der Waals surface area contributed by atoms with E-state index in [9.17, 15) is 4.79 Å². The van der Waals surface area contributed by atoms with Crippen molar-refractivity contribution in [3.8, 4) is 0 Å². The summed E-state index contributed by atoms with van der Waals surface area (Å²) >= 11 is 0. The molecule has 0 amide bonds. The van der Waals surface area contributed by atoms with E-state index in [4.69, 9.17) is 0 Å². The van der Waals surface area contributed by atoms with Gasteiger partial charge in [-0.2, -0.15) is 0 Å². The second-order valence-corrected chi connectivity index (χ2v) is 5.94. The number of fused-ring (bicyclic) bond motifs is 1. The summed E-state index contributed by atoms with van der Waals surface area (Å²) in [5.74, 6) is 0.0871. The van der Waals surface area contributed by atoms with Crippen molar-refractivity contribution in [1.29, 1.82) is 0 Å². The smallest absolute Gasteiger partial charge is 0.193 e. The predicted octanol–water partition coefficient (Wildman–Crippen LogP) is 5.59. The lowest BCUT2D eigenvalue weighted by atomic mass is 9.92. The van der Waals surface area contributed by atoms with Crippen LogP contribution in [-0.2, 0) is 12.8 Å². The zero-order chi connectivity index (χ0) is 16.2. The van der Waals surface area contributed by atoms with Crippen LogP contribution >= 0.6 is 0 Å². The average molecular weight is 302 g/mol. The second kappa shape index (κ2) is 6.78. The average Bonchev–Trinajstić information content (AvgIpc) is 2.62. The van der Waals surface area contributed by atoms with Crippen LogP contribution < -0.4 is 0 Å². The Morgan fingerprint density at radius 1 is 0.870 bits per heavy atom. The van der Waals surface area contributed by atoms with Crippen LogP contribution in [0.25, 0.3) is 10.8 Å². The van der Waals surface area contributed by atoms with Crippen molar-refractivity contribution in [2.75, 3.05) is 0 Å². The van der Waals surface area contributed by atoms with Gasteiger partial charge in [0.15, 0.2) is 5.78 Å². The molecule has 0 atom stereocenters. The molecule has 0 fully saturated rings. The van der Waals surface area contributed by atoms with E-state index in [1.165, 1.54) is 16.5 Å². The molecule has 0 bridgehead atoms. The molecule has 0 heterocycles. The van der Waals surface area contributed by atoms with Gasteiger partial charge in [-0.05, 0) is 40.8 Å². The highest BCUT2D eigenvalue weighted by atomic mass is 16.1. The van der Waals surface area contributed by atoms with Crippen molar-refractivity contribution < 1.29 is 4.79 Å². The van der Waals surface area contributed by atoms with Crippen LogP contribution in [0.2, 0.25) is 0 Å². The summed E-state index contributed by atoms with van der Waals surface area (Å²) in [6.45, 7) is 4.42. The van der Waals surface area contributed by atoms with Gasteiger partial charge in [0.05, 0.1) is 0 Å². The molecule has 0 N–H and O–H groups in total. The lowest BCUT2D eigenvalue weighted by Gasteiger charge is -2.12. The molecular formula is C22H22O. The molecule has 0 aliphatic rings. The Hall–Kier alpha value is -2.41. The molecule has 0 saturated heterocycles. The molecule has 0 aliphatic carbocycles. The number of ketones is 1. The second-order valence-electron chi connectivity index (χ2n) is 5.94. The molecule has 116 valence electrons. The highest BCUT2D eigenvalue weighted by Crippen LogP contribution is 2.26. The lowest BCUT2D eigenvalue weighted by Crippen LogP contribution is -2.01. The Bertz CT molecular complexity index is 831. The van der Waals surface area contributed by atoms with E-state index >= 15 is 0 Å². The van der Waals surface area contributed by atoms with E-state index < -0.39 is 0 Å². The van der Waals surface area contributed by atoms with Crippen molar-refractivity contribution in [3.05, 3.63) is 82.9 Å². The summed E-state index contributed by atoms with van der Waals surface area (Å²) in [6, 6.07) is 20.0. The standard InChI is InChI=1S/C22H22O/c1-3-8-20-16(4-2)11-12-18-15-19(13-14-21(18)20)22(23)17-9-6-5-7-10-17/h5-7,9-15H,3-4,8H2,1-2H3. The van der Waals surface area contributed by atoms with Crippen LogP contribution in [0.5, 0.6) is 0 Å². The van der Waals surface area contributed by atoms with Gasteiger partial charge >= 0.3 is 0 Å². The van der Waals surface area contributed by atoms with Gasteiger partial charge in [-0.1, -0.05) is 74.9 Å². The van der Waals surface area contributed by atoms with Crippen LogP contribution in [0.3, 0.4) is 0 Å². The first-order valence-electron chi connectivity index (χ1n) is 8.38. The summed E-state index contributed by atoms with van der Waals surface area (Å²) < 4.78 is 0. The fourth-order valence-corrected chi connectivity index (χ4v) is 3.21. The molecule has 3 aromatic rings. The van der Waals surface area contributed by atoms with Gasteiger partial charge < -0.3 is 0 Å². The van der Waals surface area contributed by atoms with E-state index in [0.29, 0.717) is 0 Å². The van der Waals surface area contributed by atoms with Crippen molar-refractivity contribution in [2.45, 2.75) is 33.1 Å². The van der Waals surface area contributed by atoms with Gasteiger partial charge in [0, 0.05) is 11.1 Å². The summed E-state index contributed by atoms with van der Waals surface area (Å²) in [4.78, 5) is 12.6. The third-order valence-corrected chi connectivity index (χ3v) is 4.41. The summed E-state index contributed by atoms with van der Waals surface area (Å²) in [5, 5.41) is 2.45. The predicted molar refractivity (Wildman–Crippen MR) is 97.2 cm³/mol. The Kier molecular flexibility index (Phi) is 4.57. The first-order chi connectivity index (χ1) is 11.2. The Morgan fingerprint density at radius 3 is 2.35 bits per heavy atom. The highest BCUT2D eigenvalue weighted by Gasteiger charge is 2.11. The van der Waals surface area contributed by atoms with Crippen molar-refractivity contribution in [3.63, 3.8) is 0 Å². The van der Waals surface area contributed by atoms with Crippen LogP contribution in [-0.4, -0.2) is 5.78 Å². The molecule has 0 unspecified atom stereocenters. The van der Waals surface area contributed by atoms with Crippen LogP contribution in [0.15, 0.2) is 60.7 Å². The van der Waals surface area contributed by atoms with Crippen LogP contribution in [0.1, 0.15) is 47.3 Å². The molecule has 0 aromatic heterocycles.